The number of nitrogens with two attached hydrogens (primary N) is 1. The second-order valence-electron chi connectivity index (χ2n) is 5.19. The molecule has 3 rings (SSSR count). The second kappa shape index (κ2) is 5.37. The summed E-state index contributed by atoms with van der Waals surface area (Å²) in [6, 6.07) is 12.1. The van der Waals surface area contributed by atoms with Crippen LogP contribution in [-0.4, -0.2) is 13.2 Å². The predicted molar refractivity (Wildman–Crippen MR) is 79.1 cm³/mol. The quantitative estimate of drug-likeness (QED) is 0.942. The molecule has 0 spiro atoms. The molecule has 21 heavy (non-hydrogen) atoms. The van der Waals surface area contributed by atoms with Gasteiger partial charge in [0.2, 0.25) is 0 Å². The first kappa shape index (κ1) is 13.9. The smallest absolute Gasteiger partial charge is 0.161 e. The molecule has 0 amide bonds. The van der Waals surface area contributed by atoms with Crippen molar-refractivity contribution in [2.45, 2.75) is 18.9 Å². The molecule has 0 saturated carbocycles. The van der Waals surface area contributed by atoms with Crippen LogP contribution in [0.2, 0.25) is 0 Å². The third-order valence-electron chi connectivity index (χ3n) is 3.95. The van der Waals surface area contributed by atoms with Gasteiger partial charge in [0.1, 0.15) is 19.0 Å². The zero-order valence-electron chi connectivity index (χ0n) is 11.9. The maximum Gasteiger partial charge on any atom is 0.161 e. The van der Waals surface area contributed by atoms with E-state index in [1.54, 1.807) is 6.07 Å². The molecule has 2 aromatic rings. The molecule has 0 fully saturated rings. The van der Waals surface area contributed by atoms with Crippen molar-refractivity contribution in [2.75, 3.05) is 13.2 Å². The summed E-state index contributed by atoms with van der Waals surface area (Å²) in [7, 11) is 0. The van der Waals surface area contributed by atoms with E-state index >= 15 is 0 Å². The van der Waals surface area contributed by atoms with Crippen LogP contribution in [0, 0.1) is 5.82 Å². The molecular weight excluding hydrogens is 269 g/mol. The van der Waals surface area contributed by atoms with Gasteiger partial charge in [-0.15, -0.1) is 0 Å². The maximum absolute atomic E-state index is 13.5. The molecule has 1 atom stereocenters. The molecule has 1 unspecified atom stereocenters. The average molecular weight is 287 g/mol. The number of ether oxygens (including phenoxy) is 2. The van der Waals surface area contributed by atoms with Gasteiger partial charge in [-0.3, -0.25) is 0 Å². The van der Waals surface area contributed by atoms with Crippen LogP contribution in [0.5, 0.6) is 11.5 Å². The predicted octanol–water partition coefficient (Wildman–Crippen LogP) is 3.21. The molecule has 1 heterocycles. The van der Waals surface area contributed by atoms with Gasteiger partial charge in [-0.1, -0.05) is 25.1 Å². The van der Waals surface area contributed by atoms with E-state index in [0.717, 1.165) is 16.9 Å². The van der Waals surface area contributed by atoms with Gasteiger partial charge in [0, 0.05) is 0 Å². The molecular formula is C17H18FNO2. The van der Waals surface area contributed by atoms with Crippen molar-refractivity contribution in [1.82, 2.24) is 0 Å². The zero-order valence-corrected chi connectivity index (χ0v) is 11.9. The fourth-order valence-electron chi connectivity index (χ4n) is 2.66. The Bertz CT molecular complexity index is 659. The van der Waals surface area contributed by atoms with Crippen LogP contribution >= 0.6 is 0 Å². The van der Waals surface area contributed by atoms with Crippen LogP contribution < -0.4 is 15.2 Å². The van der Waals surface area contributed by atoms with Crippen LogP contribution in [0.25, 0.3) is 0 Å². The second-order valence-corrected chi connectivity index (χ2v) is 5.19. The molecule has 110 valence electrons. The van der Waals surface area contributed by atoms with Crippen LogP contribution in [0.1, 0.15) is 24.5 Å². The SMILES string of the molecule is CCC(N)(c1cccc(F)c1)c1ccc2c(c1)OCCO2. The Morgan fingerprint density at radius 3 is 2.48 bits per heavy atom. The fourth-order valence-corrected chi connectivity index (χ4v) is 2.66. The minimum absolute atomic E-state index is 0.284. The molecule has 2 aromatic carbocycles. The maximum atomic E-state index is 13.5. The average Bonchev–Trinajstić information content (AvgIpc) is 2.53. The highest BCUT2D eigenvalue weighted by atomic mass is 19.1. The van der Waals surface area contributed by atoms with Gasteiger partial charge in [0.15, 0.2) is 11.5 Å². The highest BCUT2D eigenvalue weighted by Crippen LogP contribution is 2.37. The lowest BCUT2D eigenvalue weighted by Gasteiger charge is -2.31. The number of benzene rings is 2. The summed E-state index contributed by atoms with van der Waals surface area (Å²) in [6.45, 7) is 3.07. The third kappa shape index (κ3) is 2.47. The van der Waals surface area contributed by atoms with Crippen LogP contribution in [0.15, 0.2) is 42.5 Å². The van der Waals surface area contributed by atoms with Gasteiger partial charge in [0.25, 0.3) is 0 Å². The van der Waals surface area contributed by atoms with E-state index in [4.69, 9.17) is 15.2 Å². The van der Waals surface area contributed by atoms with E-state index in [0.29, 0.717) is 25.4 Å². The molecule has 2 N–H and O–H groups in total. The summed E-state index contributed by atoms with van der Waals surface area (Å²) in [5.41, 5.74) is 7.47. The zero-order chi connectivity index (χ0) is 14.9. The highest BCUT2D eigenvalue weighted by molar-refractivity contribution is 5.48. The first-order chi connectivity index (χ1) is 10.1. The van der Waals surface area contributed by atoms with E-state index in [1.807, 2.05) is 31.2 Å². The van der Waals surface area contributed by atoms with Gasteiger partial charge in [-0.25, -0.2) is 4.39 Å². The van der Waals surface area contributed by atoms with Crippen molar-refractivity contribution < 1.29 is 13.9 Å². The lowest BCUT2D eigenvalue weighted by molar-refractivity contribution is 0.171. The Balaban J connectivity index is 2.06. The normalized spacial score (nSPS) is 16.3. The van der Waals surface area contributed by atoms with Crippen molar-refractivity contribution in [1.29, 1.82) is 0 Å². The van der Waals surface area contributed by atoms with E-state index < -0.39 is 5.54 Å². The van der Waals surface area contributed by atoms with Gasteiger partial charge in [0.05, 0.1) is 5.54 Å². The Morgan fingerprint density at radius 1 is 1.05 bits per heavy atom. The minimum atomic E-state index is -0.752. The van der Waals surface area contributed by atoms with Crippen molar-refractivity contribution in [2.24, 2.45) is 5.73 Å². The van der Waals surface area contributed by atoms with E-state index in [1.165, 1.54) is 12.1 Å². The number of hydrogen-bond donors (Lipinski definition) is 1. The molecule has 0 aliphatic carbocycles. The fraction of sp³-hybridized carbons (Fsp3) is 0.294. The van der Waals surface area contributed by atoms with Crippen molar-refractivity contribution >= 4 is 0 Å². The minimum Gasteiger partial charge on any atom is -0.486 e. The first-order valence-electron chi connectivity index (χ1n) is 7.08. The van der Waals surface area contributed by atoms with E-state index in [2.05, 4.69) is 0 Å². The number of fused-ring (bicyclic) bond motifs is 1. The van der Waals surface area contributed by atoms with Crippen molar-refractivity contribution in [3.63, 3.8) is 0 Å². The van der Waals surface area contributed by atoms with E-state index in [9.17, 15) is 4.39 Å². The largest absolute Gasteiger partial charge is 0.486 e. The molecule has 3 nitrogen and oxygen atoms in total. The van der Waals surface area contributed by atoms with Gasteiger partial charge in [-0.05, 0) is 41.8 Å². The summed E-state index contributed by atoms with van der Waals surface area (Å²) in [4.78, 5) is 0. The van der Waals surface area contributed by atoms with Crippen LogP contribution in [0.4, 0.5) is 4.39 Å². The highest BCUT2D eigenvalue weighted by Gasteiger charge is 2.29. The summed E-state index contributed by atoms with van der Waals surface area (Å²) >= 11 is 0. The molecule has 1 aliphatic heterocycles. The van der Waals surface area contributed by atoms with Crippen LogP contribution in [0.3, 0.4) is 0 Å². The summed E-state index contributed by atoms with van der Waals surface area (Å²) < 4.78 is 24.7. The van der Waals surface area contributed by atoms with E-state index in [-0.39, 0.29) is 5.82 Å². The Kier molecular flexibility index (Phi) is 3.55. The summed E-state index contributed by atoms with van der Waals surface area (Å²) in [6.07, 6.45) is 0.649. The molecule has 0 radical (unpaired) electrons. The van der Waals surface area contributed by atoms with Crippen LogP contribution in [-0.2, 0) is 5.54 Å². The Morgan fingerprint density at radius 2 is 1.76 bits per heavy atom. The lowest BCUT2D eigenvalue weighted by atomic mass is 9.81. The Labute approximate surface area is 123 Å². The van der Waals surface area contributed by atoms with Crippen molar-refractivity contribution in [3.05, 3.63) is 59.4 Å². The molecule has 0 aromatic heterocycles. The number of rotatable bonds is 3. The number of halogens is 1. The first-order valence-corrected chi connectivity index (χ1v) is 7.08. The number of hydrogen-bond acceptors (Lipinski definition) is 3. The summed E-state index contributed by atoms with van der Waals surface area (Å²) in [5.74, 6) is 1.13. The van der Waals surface area contributed by atoms with Crippen molar-refractivity contribution in [3.8, 4) is 11.5 Å². The van der Waals surface area contributed by atoms with Gasteiger partial charge >= 0.3 is 0 Å². The standard InChI is InChI=1S/C17H18FNO2/c1-2-17(19,12-4-3-5-14(18)10-12)13-6-7-15-16(11-13)21-9-8-20-15/h3-7,10-11H,2,8-9,19H2,1H3. The molecule has 0 saturated heterocycles. The van der Waals surface area contributed by atoms with Gasteiger partial charge < -0.3 is 15.2 Å². The monoisotopic (exact) mass is 287 g/mol. The third-order valence-corrected chi connectivity index (χ3v) is 3.95. The Hall–Kier alpha value is -2.07. The molecule has 0 bridgehead atoms. The lowest BCUT2D eigenvalue weighted by Crippen LogP contribution is -2.37. The molecule has 1 aliphatic rings. The summed E-state index contributed by atoms with van der Waals surface area (Å²) in [5, 5.41) is 0. The van der Waals surface area contributed by atoms with Gasteiger partial charge in [-0.2, -0.15) is 0 Å². The topological polar surface area (TPSA) is 44.5 Å². The molecule has 4 heteroatoms.